The van der Waals surface area contributed by atoms with E-state index in [9.17, 15) is 0 Å². The topological polar surface area (TPSA) is 38.0 Å². The van der Waals surface area contributed by atoms with Gasteiger partial charge in [-0.05, 0) is 42.0 Å². The van der Waals surface area contributed by atoms with Gasteiger partial charge in [0.1, 0.15) is 0 Å². The van der Waals surface area contributed by atoms with Crippen molar-refractivity contribution in [3.05, 3.63) is 29.8 Å². The highest BCUT2D eigenvalue weighted by molar-refractivity contribution is 5.44. The Balaban J connectivity index is 2.51. The van der Waals surface area contributed by atoms with Crippen LogP contribution in [0.3, 0.4) is 0 Å². The van der Waals surface area contributed by atoms with E-state index in [1.807, 2.05) is 0 Å². The fraction of sp³-hybridized carbons (Fsp3) is 0.600. The Morgan fingerprint density at radius 1 is 1.18 bits per heavy atom. The van der Waals surface area contributed by atoms with Crippen molar-refractivity contribution < 1.29 is 0 Å². The summed E-state index contributed by atoms with van der Waals surface area (Å²) in [4.78, 5) is 0. The van der Waals surface area contributed by atoms with Crippen molar-refractivity contribution >= 4 is 5.69 Å². The molecule has 0 heterocycles. The number of benzene rings is 1. The largest absolute Gasteiger partial charge is 0.384 e. The van der Waals surface area contributed by atoms with Crippen molar-refractivity contribution in [1.29, 1.82) is 0 Å². The molecule has 0 aliphatic rings. The molecule has 0 bridgehead atoms. The lowest BCUT2D eigenvalue weighted by Crippen LogP contribution is -2.31. The minimum Gasteiger partial charge on any atom is -0.384 e. The van der Waals surface area contributed by atoms with E-state index in [4.69, 9.17) is 5.73 Å². The normalized spacial score (nSPS) is 11.9. The number of rotatable bonds is 6. The van der Waals surface area contributed by atoms with Crippen molar-refractivity contribution in [3.63, 3.8) is 0 Å². The molecule has 2 heteroatoms. The molecule has 3 N–H and O–H groups in total. The minimum absolute atomic E-state index is 0.149. The van der Waals surface area contributed by atoms with Gasteiger partial charge in [-0.2, -0.15) is 0 Å². The number of nitrogens with two attached hydrogens (primary N) is 1. The molecule has 1 rings (SSSR count). The van der Waals surface area contributed by atoms with E-state index in [1.54, 1.807) is 0 Å². The van der Waals surface area contributed by atoms with Crippen LogP contribution in [0.5, 0.6) is 0 Å². The SMILES string of the molecule is CC(C)Cc1ccc(NCC(C)(C)CN)cc1. The van der Waals surface area contributed by atoms with Crippen molar-refractivity contribution in [2.75, 3.05) is 18.4 Å². The van der Waals surface area contributed by atoms with Gasteiger partial charge in [-0.3, -0.25) is 0 Å². The third-order valence-electron chi connectivity index (χ3n) is 2.92. The standard InChI is InChI=1S/C15H26N2/c1-12(2)9-13-5-7-14(8-6-13)17-11-15(3,4)10-16/h5-8,12,17H,9-11,16H2,1-4H3. The van der Waals surface area contributed by atoms with E-state index in [1.165, 1.54) is 11.3 Å². The fourth-order valence-electron chi connectivity index (χ4n) is 1.64. The molecule has 0 amide bonds. The van der Waals surface area contributed by atoms with Crippen molar-refractivity contribution in [2.45, 2.75) is 34.1 Å². The van der Waals surface area contributed by atoms with Crippen molar-refractivity contribution in [3.8, 4) is 0 Å². The highest BCUT2D eigenvalue weighted by atomic mass is 14.9. The second-order valence-corrected chi connectivity index (χ2v) is 6.02. The molecule has 0 aliphatic heterocycles. The molecule has 0 aliphatic carbocycles. The van der Waals surface area contributed by atoms with E-state index >= 15 is 0 Å². The molecule has 0 aromatic heterocycles. The van der Waals surface area contributed by atoms with Gasteiger partial charge in [0.05, 0.1) is 0 Å². The molecule has 17 heavy (non-hydrogen) atoms. The van der Waals surface area contributed by atoms with Crippen LogP contribution in [0.2, 0.25) is 0 Å². The lowest BCUT2D eigenvalue weighted by atomic mass is 9.94. The average molecular weight is 234 g/mol. The molecule has 0 saturated heterocycles. The summed E-state index contributed by atoms with van der Waals surface area (Å²) in [5.41, 5.74) is 8.44. The smallest absolute Gasteiger partial charge is 0.0340 e. The van der Waals surface area contributed by atoms with Gasteiger partial charge in [0.25, 0.3) is 0 Å². The van der Waals surface area contributed by atoms with Crippen LogP contribution in [0.1, 0.15) is 33.3 Å². The van der Waals surface area contributed by atoms with E-state index < -0.39 is 0 Å². The summed E-state index contributed by atoms with van der Waals surface area (Å²) in [6, 6.07) is 8.73. The predicted molar refractivity (Wildman–Crippen MR) is 76.3 cm³/mol. The summed E-state index contributed by atoms with van der Waals surface area (Å²) in [5.74, 6) is 0.713. The third-order valence-corrected chi connectivity index (χ3v) is 2.92. The Labute approximate surface area is 106 Å². The van der Waals surface area contributed by atoms with Crippen LogP contribution >= 0.6 is 0 Å². The Hall–Kier alpha value is -1.02. The third kappa shape index (κ3) is 5.22. The first kappa shape index (κ1) is 14.0. The summed E-state index contributed by atoms with van der Waals surface area (Å²) < 4.78 is 0. The van der Waals surface area contributed by atoms with Crippen LogP contribution in [0, 0.1) is 11.3 Å². The molecule has 96 valence electrons. The highest BCUT2D eigenvalue weighted by Crippen LogP contribution is 2.17. The van der Waals surface area contributed by atoms with Crippen LogP contribution in [0.25, 0.3) is 0 Å². The molecule has 0 unspecified atom stereocenters. The van der Waals surface area contributed by atoms with Crippen molar-refractivity contribution in [1.82, 2.24) is 0 Å². The Kier molecular flexibility index (Phi) is 5.01. The van der Waals surface area contributed by atoms with Gasteiger partial charge in [0.15, 0.2) is 0 Å². The molecule has 0 spiro atoms. The van der Waals surface area contributed by atoms with Crippen LogP contribution in [0.15, 0.2) is 24.3 Å². The maximum Gasteiger partial charge on any atom is 0.0340 e. The van der Waals surface area contributed by atoms with E-state index in [0.29, 0.717) is 12.5 Å². The first-order valence-corrected chi connectivity index (χ1v) is 6.46. The summed E-state index contributed by atoms with van der Waals surface area (Å²) in [7, 11) is 0. The lowest BCUT2D eigenvalue weighted by Gasteiger charge is -2.23. The number of anilines is 1. The van der Waals surface area contributed by atoms with E-state index in [-0.39, 0.29) is 5.41 Å². The average Bonchev–Trinajstić information content (AvgIpc) is 2.28. The van der Waals surface area contributed by atoms with Crippen LogP contribution < -0.4 is 11.1 Å². The maximum atomic E-state index is 5.71. The van der Waals surface area contributed by atoms with Gasteiger partial charge in [0.2, 0.25) is 0 Å². The van der Waals surface area contributed by atoms with E-state index in [0.717, 1.165) is 13.0 Å². The predicted octanol–water partition coefficient (Wildman–Crippen LogP) is 3.28. The zero-order chi connectivity index (χ0) is 12.9. The van der Waals surface area contributed by atoms with Gasteiger partial charge in [-0.15, -0.1) is 0 Å². The first-order valence-electron chi connectivity index (χ1n) is 6.46. The zero-order valence-electron chi connectivity index (χ0n) is 11.6. The summed E-state index contributed by atoms with van der Waals surface area (Å²) in [5, 5.41) is 3.44. The Morgan fingerprint density at radius 2 is 1.76 bits per heavy atom. The number of hydrogen-bond acceptors (Lipinski definition) is 2. The molecule has 0 atom stereocenters. The van der Waals surface area contributed by atoms with Gasteiger partial charge in [-0.1, -0.05) is 39.8 Å². The monoisotopic (exact) mass is 234 g/mol. The minimum atomic E-state index is 0.149. The van der Waals surface area contributed by atoms with Gasteiger partial charge >= 0.3 is 0 Å². The molecule has 2 nitrogen and oxygen atoms in total. The maximum absolute atomic E-state index is 5.71. The molecular weight excluding hydrogens is 208 g/mol. The molecule has 1 aromatic carbocycles. The van der Waals surface area contributed by atoms with E-state index in [2.05, 4.69) is 57.3 Å². The second kappa shape index (κ2) is 6.06. The summed E-state index contributed by atoms with van der Waals surface area (Å²) in [6.45, 7) is 10.4. The summed E-state index contributed by atoms with van der Waals surface area (Å²) >= 11 is 0. The fourth-order valence-corrected chi connectivity index (χ4v) is 1.64. The lowest BCUT2D eigenvalue weighted by molar-refractivity contribution is 0.405. The second-order valence-electron chi connectivity index (χ2n) is 6.02. The van der Waals surface area contributed by atoms with Gasteiger partial charge in [-0.25, -0.2) is 0 Å². The van der Waals surface area contributed by atoms with Gasteiger partial charge in [0, 0.05) is 12.2 Å². The van der Waals surface area contributed by atoms with Crippen LogP contribution in [0.4, 0.5) is 5.69 Å². The van der Waals surface area contributed by atoms with Crippen LogP contribution in [-0.4, -0.2) is 13.1 Å². The van der Waals surface area contributed by atoms with Crippen LogP contribution in [-0.2, 0) is 6.42 Å². The molecule has 0 radical (unpaired) electrons. The Bertz CT molecular complexity index is 325. The molecule has 1 aromatic rings. The Morgan fingerprint density at radius 3 is 2.24 bits per heavy atom. The highest BCUT2D eigenvalue weighted by Gasteiger charge is 2.14. The molecular formula is C15H26N2. The number of nitrogens with one attached hydrogen (secondary N) is 1. The molecule has 0 fully saturated rings. The van der Waals surface area contributed by atoms with Crippen molar-refractivity contribution in [2.24, 2.45) is 17.1 Å². The number of hydrogen-bond donors (Lipinski definition) is 2. The summed E-state index contributed by atoms with van der Waals surface area (Å²) in [6.07, 6.45) is 1.15. The first-order chi connectivity index (χ1) is 7.93. The van der Waals surface area contributed by atoms with Gasteiger partial charge < -0.3 is 11.1 Å². The quantitative estimate of drug-likeness (QED) is 0.792. The zero-order valence-corrected chi connectivity index (χ0v) is 11.6. The molecule has 0 saturated carbocycles.